The van der Waals surface area contributed by atoms with Crippen LogP contribution in [0.25, 0.3) is 11.1 Å². The molecule has 5 N–H and O–H groups in total. The third-order valence-corrected chi connectivity index (χ3v) is 4.71. The lowest BCUT2D eigenvalue weighted by Crippen LogP contribution is -2.50. The Morgan fingerprint density at radius 3 is 2.11 bits per heavy atom. The predicted octanol–water partition coefficient (Wildman–Crippen LogP) is 1.58. The van der Waals surface area contributed by atoms with E-state index < -0.39 is 37.8 Å². The van der Waals surface area contributed by atoms with Crippen molar-refractivity contribution >= 4 is 19.5 Å². The molecule has 0 bridgehead atoms. The van der Waals surface area contributed by atoms with Crippen LogP contribution in [0.3, 0.4) is 0 Å². The molecule has 0 fully saturated rings. The summed E-state index contributed by atoms with van der Waals surface area (Å²) in [6.45, 7) is 1.40. The van der Waals surface area contributed by atoms with Gasteiger partial charge in [0.2, 0.25) is 5.91 Å². The molecule has 2 aromatic carbocycles. The Labute approximate surface area is 162 Å². The maximum atomic E-state index is 12.1. The Balaban J connectivity index is 1.99. The lowest BCUT2D eigenvalue weighted by atomic mass is 10.0. The van der Waals surface area contributed by atoms with Crippen molar-refractivity contribution in [2.45, 2.75) is 25.4 Å². The molecule has 2 rings (SSSR count). The van der Waals surface area contributed by atoms with Gasteiger partial charge in [-0.15, -0.1) is 0 Å². The first-order valence-corrected chi connectivity index (χ1v) is 10.4. The van der Waals surface area contributed by atoms with Crippen LogP contribution in [-0.4, -0.2) is 45.1 Å². The molecule has 0 aliphatic rings. The van der Waals surface area contributed by atoms with Gasteiger partial charge in [-0.2, -0.15) is 0 Å². The lowest BCUT2D eigenvalue weighted by molar-refractivity contribution is -0.142. The fraction of sp³-hybridized carbons (Fsp3) is 0.263. The molecule has 0 heterocycles. The molecule has 28 heavy (non-hydrogen) atoms. The van der Waals surface area contributed by atoms with Crippen molar-refractivity contribution in [3.63, 3.8) is 0 Å². The summed E-state index contributed by atoms with van der Waals surface area (Å²) in [5, 5.41) is 14.2. The van der Waals surface area contributed by atoms with E-state index in [0.717, 1.165) is 16.7 Å². The van der Waals surface area contributed by atoms with Crippen molar-refractivity contribution in [1.82, 2.24) is 10.6 Å². The zero-order chi connectivity index (χ0) is 20.7. The molecule has 0 unspecified atom stereocenters. The van der Waals surface area contributed by atoms with Crippen molar-refractivity contribution in [3.05, 3.63) is 60.2 Å². The van der Waals surface area contributed by atoms with E-state index in [-0.39, 0.29) is 6.42 Å². The number of nitrogens with one attached hydrogen (secondary N) is 2. The number of carboxylic acid groups (broad SMARTS) is 1. The molecular weight excluding hydrogens is 383 g/mol. The average molecular weight is 406 g/mol. The third kappa shape index (κ3) is 6.90. The van der Waals surface area contributed by atoms with Crippen LogP contribution in [0.2, 0.25) is 0 Å². The van der Waals surface area contributed by atoms with Gasteiger partial charge in [0.05, 0.1) is 12.3 Å². The molecular formula is C19H23N2O6P. The van der Waals surface area contributed by atoms with Gasteiger partial charge in [0.1, 0.15) is 6.04 Å². The molecule has 0 saturated carbocycles. The van der Waals surface area contributed by atoms with E-state index in [9.17, 15) is 19.3 Å². The van der Waals surface area contributed by atoms with Gasteiger partial charge in [-0.1, -0.05) is 54.6 Å². The monoisotopic (exact) mass is 406 g/mol. The minimum absolute atomic E-state index is 0.0847. The van der Waals surface area contributed by atoms with Gasteiger partial charge in [-0.3, -0.25) is 14.7 Å². The van der Waals surface area contributed by atoms with Gasteiger partial charge < -0.3 is 20.2 Å². The number of aliphatic carboxylic acids is 1. The maximum Gasteiger partial charge on any atom is 0.339 e. The molecule has 0 aliphatic carbocycles. The van der Waals surface area contributed by atoms with Crippen molar-refractivity contribution < 1.29 is 29.0 Å². The van der Waals surface area contributed by atoms with Gasteiger partial charge in [-0.25, -0.2) is 4.79 Å². The third-order valence-electron chi connectivity index (χ3n) is 4.11. The Bertz CT molecular complexity index is 850. The minimum Gasteiger partial charge on any atom is -0.480 e. The van der Waals surface area contributed by atoms with Crippen LogP contribution in [0.4, 0.5) is 0 Å². The van der Waals surface area contributed by atoms with Crippen LogP contribution in [0.1, 0.15) is 12.5 Å². The molecule has 2 aromatic rings. The largest absolute Gasteiger partial charge is 0.480 e. The quantitative estimate of drug-likeness (QED) is 0.399. The van der Waals surface area contributed by atoms with Crippen LogP contribution < -0.4 is 10.6 Å². The van der Waals surface area contributed by atoms with Crippen molar-refractivity contribution in [2.75, 3.05) is 6.29 Å². The first kappa shape index (κ1) is 21.8. The summed E-state index contributed by atoms with van der Waals surface area (Å²) in [7, 11) is -4.30. The first-order valence-electron chi connectivity index (χ1n) is 8.61. The molecule has 0 aliphatic heterocycles. The van der Waals surface area contributed by atoms with Gasteiger partial charge in [-0.05, 0) is 23.6 Å². The van der Waals surface area contributed by atoms with Crippen LogP contribution in [-0.2, 0) is 20.6 Å². The fourth-order valence-electron chi connectivity index (χ4n) is 2.54. The van der Waals surface area contributed by atoms with E-state index >= 15 is 0 Å². The van der Waals surface area contributed by atoms with E-state index in [0.29, 0.717) is 0 Å². The maximum absolute atomic E-state index is 12.1. The van der Waals surface area contributed by atoms with E-state index in [1.807, 2.05) is 42.5 Å². The summed E-state index contributed by atoms with van der Waals surface area (Å²) in [6, 6.07) is 15.0. The number of carbonyl (C=O) groups excluding carboxylic acids is 1. The highest BCUT2D eigenvalue weighted by atomic mass is 31.2. The molecule has 150 valence electrons. The van der Waals surface area contributed by atoms with Crippen LogP contribution >= 0.6 is 7.60 Å². The van der Waals surface area contributed by atoms with E-state index in [1.54, 1.807) is 12.1 Å². The highest BCUT2D eigenvalue weighted by molar-refractivity contribution is 7.51. The lowest BCUT2D eigenvalue weighted by Gasteiger charge is -2.19. The summed E-state index contributed by atoms with van der Waals surface area (Å²) in [5.41, 5.74) is 2.78. The van der Waals surface area contributed by atoms with Crippen molar-refractivity contribution in [2.24, 2.45) is 0 Å². The molecule has 9 heteroatoms. The number of carbonyl (C=O) groups is 2. The molecule has 0 spiro atoms. The molecule has 8 nitrogen and oxygen atoms in total. The molecule has 0 aromatic heterocycles. The number of rotatable bonds is 9. The number of hydrogen-bond acceptors (Lipinski definition) is 4. The normalized spacial score (nSPS) is 13.5. The SMILES string of the molecule is C[C@H](NCP(=O)(O)O)C(=O)N[C@@H](Cc1ccc(-c2ccccc2)cc1)C(=O)O. The Morgan fingerprint density at radius 1 is 1.00 bits per heavy atom. The van der Waals surface area contributed by atoms with Crippen LogP contribution in [0.15, 0.2) is 54.6 Å². The zero-order valence-electron chi connectivity index (χ0n) is 15.3. The second-order valence-corrected chi connectivity index (χ2v) is 8.06. The van der Waals surface area contributed by atoms with Crippen LogP contribution in [0.5, 0.6) is 0 Å². The van der Waals surface area contributed by atoms with Gasteiger partial charge in [0, 0.05) is 6.42 Å². The second-order valence-electron chi connectivity index (χ2n) is 6.42. The number of amides is 1. The summed E-state index contributed by atoms with van der Waals surface area (Å²) < 4.78 is 10.9. The van der Waals surface area contributed by atoms with Gasteiger partial charge in [0.15, 0.2) is 0 Å². The molecule has 2 atom stereocenters. The predicted molar refractivity (Wildman–Crippen MR) is 105 cm³/mol. The molecule has 0 saturated heterocycles. The second kappa shape index (κ2) is 9.61. The summed E-state index contributed by atoms with van der Waals surface area (Å²) in [4.78, 5) is 41.3. The number of hydrogen-bond donors (Lipinski definition) is 5. The summed E-state index contributed by atoms with van der Waals surface area (Å²) >= 11 is 0. The first-order chi connectivity index (χ1) is 13.2. The summed E-state index contributed by atoms with van der Waals surface area (Å²) in [6.07, 6.45) is -0.582. The number of carboxylic acids is 1. The minimum atomic E-state index is -4.30. The van der Waals surface area contributed by atoms with E-state index in [4.69, 9.17) is 9.79 Å². The highest BCUT2D eigenvalue weighted by Gasteiger charge is 2.24. The average Bonchev–Trinajstić information content (AvgIpc) is 2.66. The Hall–Kier alpha value is -2.51. The fourth-order valence-corrected chi connectivity index (χ4v) is 3.06. The smallest absolute Gasteiger partial charge is 0.339 e. The topological polar surface area (TPSA) is 136 Å². The summed E-state index contributed by atoms with van der Waals surface area (Å²) in [5.74, 6) is -1.84. The van der Waals surface area contributed by atoms with Crippen molar-refractivity contribution in [3.8, 4) is 11.1 Å². The zero-order valence-corrected chi connectivity index (χ0v) is 16.2. The van der Waals surface area contributed by atoms with Crippen molar-refractivity contribution in [1.29, 1.82) is 0 Å². The number of benzene rings is 2. The Kier molecular flexibility index (Phi) is 7.48. The van der Waals surface area contributed by atoms with Gasteiger partial charge in [0.25, 0.3) is 0 Å². The standard InChI is InChI=1S/C19H23N2O6P/c1-13(20-12-28(25,26)27)18(22)21-17(19(23)24)11-14-7-9-16(10-8-14)15-5-3-2-4-6-15/h2-10,13,17,20H,11-12H2,1H3,(H,21,22)(H,23,24)(H2,25,26,27)/t13-,17-/m0/s1. The molecule has 1 amide bonds. The Morgan fingerprint density at radius 2 is 1.57 bits per heavy atom. The van der Waals surface area contributed by atoms with E-state index in [2.05, 4.69) is 10.6 Å². The van der Waals surface area contributed by atoms with Crippen LogP contribution in [0, 0.1) is 0 Å². The van der Waals surface area contributed by atoms with Gasteiger partial charge >= 0.3 is 13.6 Å². The highest BCUT2D eigenvalue weighted by Crippen LogP contribution is 2.32. The molecule has 0 radical (unpaired) electrons. The van der Waals surface area contributed by atoms with E-state index in [1.165, 1.54) is 6.92 Å².